The number of carbonyl (C=O) groups is 2. The van der Waals surface area contributed by atoms with Crippen molar-refractivity contribution in [2.75, 3.05) is 6.54 Å². The molecule has 20 heavy (non-hydrogen) atoms. The van der Waals surface area contributed by atoms with Gasteiger partial charge in [0.2, 0.25) is 11.8 Å². The van der Waals surface area contributed by atoms with E-state index in [-0.39, 0.29) is 36.6 Å². The Morgan fingerprint density at radius 1 is 1.35 bits per heavy atom. The molecule has 0 radical (unpaired) electrons. The van der Waals surface area contributed by atoms with Crippen molar-refractivity contribution in [3.8, 4) is 0 Å². The standard InChI is InChI=1S/C15H19FN2O2/c1-10(2)7-13-15(20)17-8-14(19)18(13)9-11-5-3-4-6-12(11)16/h3-6,10,13H,7-9H2,1-2H3,(H,17,20). The smallest absolute Gasteiger partial charge is 0.243 e. The third-order valence-corrected chi connectivity index (χ3v) is 3.41. The second-order valence-corrected chi connectivity index (χ2v) is 5.48. The van der Waals surface area contributed by atoms with E-state index in [1.54, 1.807) is 18.2 Å². The van der Waals surface area contributed by atoms with Gasteiger partial charge in [-0.2, -0.15) is 0 Å². The Morgan fingerprint density at radius 2 is 2.05 bits per heavy atom. The van der Waals surface area contributed by atoms with Gasteiger partial charge < -0.3 is 10.2 Å². The van der Waals surface area contributed by atoms with Crippen LogP contribution in [0.25, 0.3) is 0 Å². The summed E-state index contributed by atoms with van der Waals surface area (Å²) in [5.41, 5.74) is 0.435. The molecule has 1 aliphatic rings. The Bertz CT molecular complexity index is 516. The van der Waals surface area contributed by atoms with Gasteiger partial charge >= 0.3 is 0 Å². The van der Waals surface area contributed by atoms with E-state index in [2.05, 4.69) is 5.32 Å². The molecule has 1 N–H and O–H groups in total. The molecule has 4 nitrogen and oxygen atoms in total. The van der Waals surface area contributed by atoms with Gasteiger partial charge in [-0.05, 0) is 18.4 Å². The molecule has 0 saturated carbocycles. The van der Waals surface area contributed by atoms with Gasteiger partial charge in [0.15, 0.2) is 0 Å². The number of amides is 2. The minimum absolute atomic E-state index is 0.0120. The first-order valence-electron chi connectivity index (χ1n) is 6.79. The first kappa shape index (κ1) is 14.5. The summed E-state index contributed by atoms with van der Waals surface area (Å²) in [6.07, 6.45) is 0.575. The molecule has 0 spiro atoms. The van der Waals surface area contributed by atoms with Gasteiger partial charge in [-0.3, -0.25) is 9.59 Å². The van der Waals surface area contributed by atoms with Gasteiger partial charge in [0.05, 0.1) is 6.54 Å². The lowest BCUT2D eigenvalue weighted by molar-refractivity contribution is -0.146. The first-order valence-corrected chi connectivity index (χ1v) is 6.79. The Balaban J connectivity index is 2.22. The molecule has 108 valence electrons. The number of benzene rings is 1. The molecule has 0 bridgehead atoms. The quantitative estimate of drug-likeness (QED) is 0.911. The summed E-state index contributed by atoms with van der Waals surface area (Å²) in [7, 11) is 0. The van der Waals surface area contributed by atoms with E-state index >= 15 is 0 Å². The highest BCUT2D eigenvalue weighted by Crippen LogP contribution is 2.19. The van der Waals surface area contributed by atoms with Crippen molar-refractivity contribution in [1.82, 2.24) is 10.2 Å². The second-order valence-electron chi connectivity index (χ2n) is 5.48. The highest BCUT2D eigenvalue weighted by Gasteiger charge is 2.34. The number of carbonyl (C=O) groups excluding carboxylic acids is 2. The van der Waals surface area contributed by atoms with Crippen molar-refractivity contribution in [2.45, 2.75) is 32.9 Å². The highest BCUT2D eigenvalue weighted by molar-refractivity contribution is 5.94. The zero-order valence-electron chi connectivity index (χ0n) is 11.7. The van der Waals surface area contributed by atoms with Crippen LogP contribution in [-0.2, 0) is 16.1 Å². The van der Waals surface area contributed by atoms with Crippen LogP contribution in [0.1, 0.15) is 25.8 Å². The van der Waals surface area contributed by atoms with Crippen LogP contribution in [0.3, 0.4) is 0 Å². The van der Waals surface area contributed by atoms with Crippen molar-refractivity contribution in [3.63, 3.8) is 0 Å². The van der Waals surface area contributed by atoms with Crippen LogP contribution >= 0.6 is 0 Å². The zero-order chi connectivity index (χ0) is 14.7. The molecule has 1 heterocycles. The number of hydrogen-bond acceptors (Lipinski definition) is 2. The number of nitrogens with one attached hydrogen (secondary N) is 1. The van der Waals surface area contributed by atoms with E-state index < -0.39 is 6.04 Å². The topological polar surface area (TPSA) is 49.4 Å². The molecular weight excluding hydrogens is 259 g/mol. The molecular formula is C15H19FN2O2. The van der Waals surface area contributed by atoms with Crippen LogP contribution in [0.15, 0.2) is 24.3 Å². The maximum atomic E-state index is 13.7. The average Bonchev–Trinajstić information content (AvgIpc) is 2.40. The van der Waals surface area contributed by atoms with E-state index in [4.69, 9.17) is 0 Å². The van der Waals surface area contributed by atoms with E-state index in [1.807, 2.05) is 13.8 Å². The molecule has 0 aliphatic carbocycles. The summed E-state index contributed by atoms with van der Waals surface area (Å²) in [6, 6.07) is 5.82. The Labute approximate surface area is 118 Å². The van der Waals surface area contributed by atoms with Crippen LogP contribution in [0, 0.1) is 11.7 Å². The van der Waals surface area contributed by atoms with Crippen molar-refractivity contribution in [1.29, 1.82) is 0 Å². The third kappa shape index (κ3) is 3.15. The van der Waals surface area contributed by atoms with Gasteiger partial charge in [0.1, 0.15) is 11.9 Å². The van der Waals surface area contributed by atoms with Gasteiger partial charge in [-0.1, -0.05) is 32.0 Å². The average molecular weight is 278 g/mol. The molecule has 1 aromatic carbocycles. The Kier molecular flexibility index (Phi) is 4.37. The minimum Gasteiger partial charge on any atom is -0.345 e. The second kappa shape index (κ2) is 6.03. The maximum absolute atomic E-state index is 13.7. The zero-order valence-corrected chi connectivity index (χ0v) is 11.7. The molecule has 5 heteroatoms. The number of halogens is 1. The molecule has 1 unspecified atom stereocenters. The Hall–Kier alpha value is -1.91. The third-order valence-electron chi connectivity index (χ3n) is 3.41. The van der Waals surface area contributed by atoms with E-state index in [0.29, 0.717) is 12.0 Å². The SMILES string of the molecule is CC(C)CC1C(=O)NCC(=O)N1Cc1ccccc1F. The van der Waals surface area contributed by atoms with Crippen LogP contribution in [0.5, 0.6) is 0 Å². The normalized spacial score (nSPS) is 19.4. The maximum Gasteiger partial charge on any atom is 0.243 e. The molecule has 1 fully saturated rings. The summed E-state index contributed by atoms with van der Waals surface area (Å²) >= 11 is 0. The predicted octanol–water partition coefficient (Wildman–Crippen LogP) is 1.70. The Morgan fingerprint density at radius 3 is 2.70 bits per heavy atom. The summed E-state index contributed by atoms with van der Waals surface area (Å²) in [4.78, 5) is 25.5. The number of piperazine rings is 1. The predicted molar refractivity (Wildman–Crippen MR) is 73.2 cm³/mol. The molecule has 1 saturated heterocycles. The first-order chi connectivity index (χ1) is 9.49. The lowest BCUT2D eigenvalue weighted by Crippen LogP contribution is -2.58. The molecule has 2 amide bonds. The monoisotopic (exact) mass is 278 g/mol. The van der Waals surface area contributed by atoms with Crippen LogP contribution in [0.4, 0.5) is 4.39 Å². The van der Waals surface area contributed by atoms with Crippen molar-refractivity contribution < 1.29 is 14.0 Å². The summed E-state index contributed by atoms with van der Waals surface area (Å²) in [6.45, 7) is 4.11. The minimum atomic E-state index is -0.518. The van der Waals surface area contributed by atoms with Crippen molar-refractivity contribution in [2.24, 2.45) is 5.92 Å². The van der Waals surface area contributed by atoms with E-state index in [0.717, 1.165) is 0 Å². The largest absolute Gasteiger partial charge is 0.345 e. The highest BCUT2D eigenvalue weighted by atomic mass is 19.1. The fraction of sp³-hybridized carbons (Fsp3) is 0.467. The fourth-order valence-corrected chi connectivity index (χ4v) is 2.39. The van der Waals surface area contributed by atoms with Crippen LogP contribution in [0.2, 0.25) is 0 Å². The molecule has 1 aromatic rings. The fourth-order valence-electron chi connectivity index (χ4n) is 2.39. The van der Waals surface area contributed by atoms with E-state index in [1.165, 1.54) is 11.0 Å². The lowest BCUT2D eigenvalue weighted by Gasteiger charge is -2.36. The van der Waals surface area contributed by atoms with Gasteiger partial charge in [-0.15, -0.1) is 0 Å². The summed E-state index contributed by atoms with van der Waals surface area (Å²) in [5, 5.41) is 2.59. The molecule has 1 aliphatic heterocycles. The van der Waals surface area contributed by atoms with E-state index in [9.17, 15) is 14.0 Å². The van der Waals surface area contributed by atoms with Gasteiger partial charge in [0.25, 0.3) is 0 Å². The molecule has 2 rings (SSSR count). The molecule has 0 aromatic heterocycles. The number of nitrogens with zero attached hydrogens (tertiary/aromatic N) is 1. The van der Waals surface area contributed by atoms with Gasteiger partial charge in [0, 0.05) is 12.1 Å². The summed E-state index contributed by atoms with van der Waals surface area (Å²) < 4.78 is 13.7. The van der Waals surface area contributed by atoms with Crippen molar-refractivity contribution >= 4 is 11.8 Å². The van der Waals surface area contributed by atoms with Gasteiger partial charge in [-0.25, -0.2) is 4.39 Å². The lowest BCUT2D eigenvalue weighted by atomic mass is 9.99. The van der Waals surface area contributed by atoms with Crippen LogP contribution in [-0.4, -0.2) is 29.3 Å². The van der Waals surface area contributed by atoms with Crippen LogP contribution < -0.4 is 5.32 Å². The van der Waals surface area contributed by atoms with Crippen molar-refractivity contribution in [3.05, 3.63) is 35.6 Å². The number of hydrogen-bond donors (Lipinski definition) is 1. The number of rotatable bonds is 4. The summed E-state index contributed by atoms with van der Waals surface area (Å²) in [5.74, 6) is -0.400. The molecule has 1 atom stereocenters.